The van der Waals surface area contributed by atoms with Crippen molar-refractivity contribution in [1.29, 1.82) is 0 Å². The number of hydrogen-bond donors (Lipinski definition) is 1. The highest BCUT2D eigenvalue weighted by molar-refractivity contribution is 7.09. The summed E-state index contributed by atoms with van der Waals surface area (Å²) in [6.07, 6.45) is 4.11. The van der Waals surface area contributed by atoms with E-state index < -0.39 is 0 Å². The first-order valence-electron chi connectivity index (χ1n) is 6.48. The molecule has 2 nitrogen and oxygen atoms in total. The van der Waals surface area contributed by atoms with Crippen molar-refractivity contribution in [2.45, 2.75) is 32.7 Å². The summed E-state index contributed by atoms with van der Waals surface area (Å²) >= 11 is 1.83. The van der Waals surface area contributed by atoms with Gasteiger partial charge in [-0.3, -0.25) is 4.98 Å². The quantitative estimate of drug-likeness (QED) is 0.856. The molecule has 0 bridgehead atoms. The van der Waals surface area contributed by atoms with Crippen LogP contribution in [0.15, 0.2) is 35.8 Å². The summed E-state index contributed by atoms with van der Waals surface area (Å²) in [4.78, 5) is 5.99. The van der Waals surface area contributed by atoms with E-state index in [4.69, 9.17) is 0 Å². The van der Waals surface area contributed by atoms with Crippen LogP contribution < -0.4 is 5.32 Å². The minimum absolute atomic E-state index is 0.360. The predicted octanol–water partition coefficient (Wildman–Crippen LogP) is 3.73. The van der Waals surface area contributed by atoms with Gasteiger partial charge in [0.1, 0.15) is 0 Å². The van der Waals surface area contributed by atoms with Crippen LogP contribution in [0.5, 0.6) is 0 Å². The van der Waals surface area contributed by atoms with Gasteiger partial charge in [-0.1, -0.05) is 19.1 Å². The number of hydrogen-bond acceptors (Lipinski definition) is 3. The van der Waals surface area contributed by atoms with Gasteiger partial charge >= 0.3 is 0 Å². The first-order chi connectivity index (χ1) is 8.81. The zero-order valence-electron chi connectivity index (χ0n) is 11.0. The number of thiophene rings is 1. The fourth-order valence-electron chi connectivity index (χ4n) is 2.19. The molecule has 0 amide bonds. The molecular weight excluding hydrogens is 240 g/mol. The van der Waals surface area contributed by atoms with Gasteiger partial charge in [0.15, 0.2) is 0 Å². The molecule has 1 atom stereocenters. The molecule has 0 saturated carbocycles. The number of nitrogens with zero attached hydrogens (tertiary/aromatic N) is 1. The third-order valence-electron chi connectivity index (χ3n) is 3.09. The normalized spacial score (nSPS) is 12.6. The van der Waals surface area contributed by atoms with Crippen molar-refractivity contribution < 1.29 is 0 Å². The van der Waals surface area contributed by atoms with E-state index in [1.165, 1.54) is 16.1 Å². The molecule has 1 N–H and O–H groups in total. The highest BCUT2D eigenvalue weighted by Crippen LogP contribution is 2.21. The lowest BCUT2D eigenvalue weighted by molar-refractivity contribution is 0.503. The number of pyridine rings is 1. The van der Waals surface area contributed by atoms with Gasteiger partial charge in [0.25, 0.3) is 0 Å². The molecular formula is C15H20N2S. The van der Waals surface area contributed by atoms with Gasteiger partial charge in [-0.05, 0) is 49.4 Å². The first-order valence-corrected chi connectivity index (χ1v) is 7.36. The number of aryl methyl sites for hydroxylation is 2. The molecule has 2 aromatic rings. The first kappa shape index (κ1) is 13.2. The Kier molecular flexibility index (Phi) is 4.90. The molecule has 2 aromatic heterocycles. The molecule has 0 saturated heterocycles. The summed E-state index contributed by atoms with van der Waals surface area (Å²) < 4.78 is 0. The van der Waals surface area contributed by atoms with Crippen molar-refractivity contribution in [3.05, 3.63) is 52.0 Å². The fourth-order valence-corrected chi connectivity index (χ4v) is 2.91. The molecule has 0 aliphatic carbocycles. The second-order valence-corrected chi connectivity index (χ2v) is 5.47. The van der Waals surface area contributed by atoms with Crippen LogP contribution in [-0.4, -0.2) is 11.5 Å². The Morgan fingerprint density at radius 1 is 1.33 bits per heavy atom. The van der Waals surface area contributed by atoms with Crippen molar-refractivity contribution >= 4 is 11.3 Å². The minimum atomic E-state index is 0.360. The third kappa shape index (κ3) is 3.40. The van der Waals surface area contributed by atoms with Crippen molar-refractivity contribution in [1.82, 2.24) is 10.3 Å². The molecule has 0 aliphatic rings. The standard InChI is InChI=1S/C15H20N2S/c1-3-16-14(9-8-13-7-5-11-18-13)15-12(2)6-4-10-17-15/h4-7,10-11,14,16H,3,8-9H2,1-2H3. The predicted molar refractivity (Wildman–Crippen MR) is 78.0 cm³/mol. The summed E-state index contributed by atoms with van der Waals surface area (Å²) in [6.45, 7) is 5.26. The Bertz CT molecular complexity index is 465. The van der Waals surface area contributed by atoms with Gasteiger partial charge in [-0.15, -0.1) is 11.3 Å². The van der Waals surface area contributed by atoms with E-state index in [1.54, 1.807) is 0 Å². The van der Waals surface area contributed by atoms with Crippen LogP contribution in [0, 0.1) is 6.92 Å². The molecule has 0 spiro atoms. The molecule has 1 unspecified atom stereocenters. The average molecular weight is 260 g/mol. The van der Waals surface area contributed by atoms with Crippen LogP contribution in [0.2, 0.25) is 0 Å². The van der Waals surface area contributed by atoms with E-state index in [9.17, 15) is 0 Å². The maximum atomic E-state index is 4.54. The highest BCUT2D eigenvalue weighted by Gasteiger charge is 2.13. The van der Waals surface area contributed by atoms with E-state index in [0.717, 1.165) is 19.4 Å². The van der Waals surface area contributed by atoms with E-state index in [1.807, 2.05) is 23.6 Å². The summed E-state index contributed by atoms with van der Waals surface area (Å²) in [5, 5.41) is 5.69. The van der Waals surface area contributed by atoms with Crippen LogP contribution in [0.25, 0.3) is 0 Å². The molecule has 2 heterocycles. The molecule has 0 fully saturated rings. The molecule has 3 heteroatoms. The Morgan fingerprint density at radius 2 is 2.22 bits per heavy atom. The van der Waals surface area contributed by atoms with Crippen molar-refractivity contribution in [3.8, 4) is 0 Å². The summed E-state index contributed by atoms with van der Waals surface area (Å²) in [7, 11) is 0. The van der Waals surface area contributed by atoms with Gasteiger partial charge < -0.3 is 5.32 Å². The molecule has 96 valence electrons. The van der Waals surface area contributed by atoms with Crippen LogP contribution in [0.1, 0.15) is 35.5 Å². The van der Waals surface area contributed by atoms with E-state index in [0.29, 0.717) is 6.04 Å². The van der Waals surface area contributed by atoms with Crippen LogP contribution >= 0.6 is 11.3 Å². The maximum Gasteiger partial charge on any atom is 0.0602 e. The Morgan fingerprint density at radius 3 is 2.89 bits per heavy atom. The summed E-state index contributed by atoms with van der Waals surface area (Å²) in [5.74, 6) is 0. The van der Waals surface area contributed by atoms with Gasteiger partial charge in [-0.2, -0.15) is 0 Å². The number of aromatic nitrogens is 1. The van der Waals surface area contributed by atoms with Crippen LogP contribution in [0.4, 0.5) is 0 Å². The van der Waals surface area contributed by atoms with E-state index in [-0.39, 0.29) is 0 Å². The second-order valence-electron chi connectivity index (χ2n) is 4.43. The van der Waals surface area contributed by atoms with Crippen LogP contribution in [0.3, 0.4) is 0 Å². The number of nitrogens with one attached hydrogen (secondary N) is 1. The Hall–Kier alpha value is -1.19. The second kappa shape index (κ2) is 6.66. The van der Waals surface area contributed by atoms with Gasteiger partial charge in [0.05, 0.1) is 11.7 Å². The molecule has 0 radical (unpaired) electrons. The van der Waals surface area contributed by atoms with E-state index in [2.05, 4.69) is 47.7 Å². The highest BCUT2D eigenvalue weighted by atomic mass is 32.1. The largest absolute Gasteiger partial charge is 0.309 e. The zero-order valence-corrected chi connectivity index (χ0v) is 11.8. The third-order valence-corrected chi connectivity index (χ3v) is 4.03. The van der Waals surface area contributed by atoms with Gasteiger partial charge in [0, 0.05) is 11.1 Å². The van der Waals surface area contributed by atoms with Crippen molar-refractivity contribution in [3.63, 3.8) is 0 Å². The van der Waals surface area contributed by atoms with E-state index >= 15 is 0 Å². The molecule has 0 aliphatic heterocycles. The Balaban J connectivity index is 2.06. The lowest BCUT2D eigenvalue weighted by atomic mass is 10.0. The minimum Gasteiger partial charge on any atom is -0.309 e. The molecule has 18 heavy (non-hydrogen) atoms. The zero-order chi connectivity index (χ0) is 12.8. The number of rotatable bonds is 6. The van der Waals surface area contributed by atoms with Crippen LogP contribution in [-0.2, 0) is 6.42 Å². The Labute approximate surface area is 113 Å². The monoisotopic (exact) mass is 260 g/mol. The summed E-state index contributed by atoms with van der Waals surface area (Å²) in [6, 6.07) is 8.82. The molecule has 0 aromatic carbocycles. The van der Waals surface area contributed by atoms with Crippen molar-refractivity contribution in [2.75, 3.05) is 6.54 Å². The fraction of sp³-hybridized carbons (Fsp3) is 0.400. The summed E-state index contributed by atoms with van der Waals surface area (Å²) in [5.41, 5.74) is 2.46. The van der Waals surface area contributed by atoms with Crippen molar-refractivity contribution in [2.24, 2.45) is 0 Å². The van der Waals surface area contributed by atoms with Gasteiger partial charge in [0.2, 0.25) is 0 Å². The lowest BCUT2D eigenvalue weighted by Crippen LogP contribution is -2.23. The average Bonchev–Trinajstić information content (AvgIpc) is 2.88. The molecule has 2 rings (SSSR count). The smallest absolute Gasteiger partial charge is 0.0602 e. The van der Waals surface area contributed by atoms with Gasteiger partial charge in [-0.25, -0.2) is 0 Å². The topological polar surface area (TPSA) is 24.9 Å². The maximum absolute atomic E-state index is 4.54. The SMILES string of the molecule is CCNC(CCc1cccs1)c1ncccc1C. The lowest BCUT2D eigenvalue weighted by Gasteiger charge is -2.18.